The van der Waals surface area contributed by atoms with Crippen LogP contribution >= 0.6 is 23.8 Å². The van der Waals surface area contributed by atoms with Crippen LogP contribution in [0.25, 0.3) is 11.0 Å². The molecule has 20 heavy (non-hydrogen) atoms. The molecule has 0 aliphatic rings. The number of benzene rings is 1. The van der Waals surface area contributed by atoms with E-state index in [1.54, 1.807) is 12.3 Å². The van der Waals surface area contributed by atoms with Crippen LogP contribution < -0.4 is 0 Å². The molecule has 0 spiro atoms. The third-order valence-corrected chi connectivity index (χ3v) is 3.91. The van der Waals surface area contributed by atoms with E-state index in [1.807, 2.05) is 22.4 Å². The molecule has 0 bridgehead atoms. The van der Waals surface area contributed by atoms with Gasteiger partial charge in [0.1, 0.15) is 11.6 Å². The van der Waals surface area contributed by atoms with Crippen LogP contribution in [0.15, 0.2) is 24.5 Å². The van der Waals surface area contributed by atoms with Crippen LogP contribution in [0.1, 0.15) is 5.82 Å². The molecular weight excluding hydrogens is 299 g/mol. The lowest BCUT2D eigenvalue weighted by molar-refractivity contribution is 0.629. The van der Waals surface area contributed by atoms with Crippen molar-refractivity contribution in [3.8, 4) is 0 Å². The van der Waals surface area contributed by atoms with E-state index in [9.17, 15) is 4.39 Å². The van der Waals surface area contributed by atoms with Crippen molar-refractivity contribution in [2.24, 2.45) is 7.05 Å². The first-order chi connectivity index (χ1) is 9.56. The lowest BCUT2D eigenvalue weighted by atomic mass is 10.3. The highest BCUT2D eigenvalue weighted by atomic mass is 35.5. The van der Waals surface area contributed by atoms with Gasteiger partial charge in [-0.3, -0.25) is 0 Å². The maximum absolute atomic E-state index is 13.4. The fourth-order valence-electron chi connectivity index (χ4n) is 2.22. The summed E-state index contributed by atoms with van der Waals surface area (Å²) in [7, 11) is 1.95. The normalized spacial score (nSPS) is 11.3. The maximum atomic E-state index is 13.4. The van der Waals surface area contributed by atoms with E-state index < -0.39 is 5.82 Å². The van der Waals surface area contributed by atoms with E-state index in [1.165, 1.54) is 6.07 Å². The summed E-state index contributed by atoms with van der Waals surface area (Å²) in [6.45, 7) is 0.658. The van der Waals surface area contributed by atoms with Gasteiger partial charge in [-0.05, 0) is 18.3 Å². The smallest absolute Gasteiger partial charge is 0.178 e. The average molecular weight is 311 g/mol. The monoisotopic (exact) mass is 310 g/mol. The van der Waals surface area contributed by atoms with Crippen molar-refractivity contribution in [2.75, 3.05) is 0 Å². The molecule has 4 nitrogen and oxygen atoms in total. The lowest BCUT2D eigenvalue weighted by Crippen LogP contribution is -2.05. The molecule has 3 rings (SSSR count). The highest BCUT2D eigenvalue weighted by Gasteiger charge is 2.10. The van der Waals surface area contributed by atoms with Gasteiger partial charge in [0.05, 0.1) is 16.1 Å². The number of nitrogens with one attached hydrogen (secondary N) is 1. The van der Waals surface area contributed by atoms with Crippen molar-refractivity contribution in [3.05, 3.63) is 46.0 Å². The van der Waals surface area contributed by atoms with E-state index in [2.05, 4.69) is 9.97 Å². The van der Waals surface area contributed by atoms with Gasteiger partial charge in [0, 0.05) is 38.5 Å². The Morgan fingerprint density at radius 3 is 2.95 bits per heavy atom. The highest BCUT2D eigenvalue weighted by molar-refractivity contribution is 7.71. The number of aromatic nitrogens is 4. The molecule has 0 aliphatic carbocycles. The van der Waals surface area contributed by atoms with E-state index in [0.29, 0.717) is 16.8 Å². The van der Waals surface area contributed by atoms with Gasteiger partial charge < -0.3 is 14.1 Å². The number of nitrogens with zero attached hydrogens (tertiary/aromatic N) is 3. The summed E-state index contributed by atoms with van der Waals surface area (Å²) in [4.78, 5) is 7.27. The van der Waals surface area contributed by atoms with Crippen molar-refractivity contribution in [3.63, 3.8) is 0 Å². The average Bonchev–Trinajstić information content (AvgIpc) is 2.92. The fourth-order valence-corrected chi connectivity index (χ4v) is 2.68. The van der Waals surface area contributed by atoms with E-state index in [4.69, 9.17) is 23.8 Å². The van der Waals surface area contributed by atoms with E-state index in [-0.39, 0.29) is 5.02 Å². The summed E-state index contributed by atoms with van der Waals surface area (Å²) in [5, 5.41) is 0.0947. The summed E-state index contributed by atoms with van der Waals surface area (Å²) in [6.07, 6.45) is 4.39. The minimum absolute atomic E-state index is 0.0947. The minimum Gasteiger partial charge on any atom is -0.338 e. The Bertz CT molecular complexity index is 833. The molecule has 2 heterocycles. The third-order valence-electron chi connectivity index (χ3n) is 3.30. The van der Waals surface area contributed by atoms with Gasteiger partial charge in [-0.25, -0.2) is 9.37 Å². The predicted octanol–water partition coefficient (Wildman–Crippen LogP) is 3.47. The van der Waals surface area contributed by atoms with Gasteiger partial charge in [0.15, 0.2) is 4.77 Å². The number of hydrogen-bond donors (Lipinski definition) is 1. The summed E-state index contributed by atoms with van der Waals surface area (Å²) >= 11 is 11.1. The van der Waals surface area contributed by atoms with Crippen molar-refractivity contribution in [1.82, 2.24) is 19.1 Å². The number of rotatable bonds is 3. The zero-order valence-electron chi connectivity index (χ0n) is 10.7. The Labute approximate surface area is 124 Å². The largest absolute Gasteiger partial charge is 0.338 e. The Hall–Kier alpha value is -1.66. The van der Waals surface area contributed by atoms with Crippen molar-refractivity contribution >= 4 is 34.9 Å². The first-order valence-corrected chi connectivity index (χ1v) is 6.88. The van der Waals surface area contributed by atoms with Crippen LogP contribution in [-0.2, 0) is 20.0 Å². The van der Waals surface area contributed by atoms with E-state index in [0.717, 1.165) is 17.8 Å². The molecular formula is C13H12ClFN4S. The molecule has 1 aromatic carbocycles. The van der Waals surface area contributed by atoms with Crippen molar-refractivity contribution in [1.29, 1.82) is 0 Å². The summed E-state index contributed by atoms with van der Waals surface area (Å²) in [6, 6.07) is 2.96. The molecule has 0 unspecified atom stereocenters. The van der Waals surface area contributed by atoms with Gasteiger partial charge in [0.25, 0.3) is 0 Å². The zero-order chi connectivity index (χ0) is 14.3. The standard InChI is InChI=1S/C13H12ClFN4S/c1-18-5-3-16-12(18)2-4-19-11-6-8(14)9(15)7-10(11)17-13(19)20/h3,5-7H,2,4H2,1H3,(H,17,20). The van der Waals surface area contributed by atoms with Crippen LogP contribution in [0.3, 0.4) is 0 Å². The Morgan fingerprint density at radius 1 is 1.45 bits per heavy atom. The molecule has 0 atom stereocenters. The molecule has 1 N–H and O–H groups in total. The number of halogens is 2. The Kier molecular flexibility index (Phi) is 3.35. The topological polar surface area (TPSA) is 38.5 Å². The molecule has 0 saturated carbocycles. The first kappa shape index (κ1) is 13.3. The van der Waals surface area contributed by atoms with Crippen molar-refractivity contribution < 1.29 is 4.39 Å². The lowest BCUT2D eigenvalue weighted by Gasteiger charge is -2.05. The first-order valence-electron chi connectivity index (χ1n) is 6.10. The molecule has 0 saturated heterocycles. The maximum Gasteiger partial charge on any atom is 0.178 e. The number of aromatic amines is 1. The SMILES string of the molecule is Cn1ccnc1CCn1c(=S)[nH]c2cc(F)c(Cl)cc21. The molecule has 7 heteroatoms. The van der Waals surface area contributed by atoms with Crippen LogP contribution in [-0.4, -0.2) is 19.1 Å². The number of H-pyrrole nitrogens is 1. The quantitative estimate of drug-likeness (QED) is 0.752. The fraction of sp³-hybridized carbons (Fsp3) is 0.231. The third kappa shape index (κ3) is 2.25. The Morgan fingerprint density at radius 2 is 2.25 bits per heavy atom. The van der Waals surface area contributed by atoms with Crippen LogP contribution in [0.5, 0.6) is 0 Å². The molecule has 0 aliphatic heterocycles. The summed E-state index contributed by atoms with van der Waals surface area (Å²) < 4.78 is 17.9. The number of fused-ring (bicyclic) bond motifs is 1. The van der Waals surface area contributed by atoms with Gasteiger partial charge in [-0.1, -0.05) is 11.6 Å². The Balaban J connectivity index is 1.99. The molecule has 104 valence electrons. The van der Waals surface area contributed by atoms with Crippen molar-refractivity contribution in [2.45, 2.75) is 13.0 Å². The van der Waals surface area contributed by atoms with Gasteiger partial charge in [-0.2, -0.15) is 0 Å². The van der Waals surface area contributed by atoms with Gasteiger partial charge in [-0.15, -0.1) is 0 Å². The molecule has 2 aromatic heterocycles. The number of imidazole rings is 2. The minimum atomic E-state index is -0.452. The predicted molar refractivity (Wildman–Crippen MR) is 79.0 cm³/mol. The highest BCUT2D eigenvalue weighted by Crippen LogP contribution is 2.23. The summed E-state index contributed by atoms with van der Waals surface area (Å²) in [5.41, 5.74) is 1.45. The second-order valence-electron chi connectivity index (χ2n) is 4.57. The number of aryl methyl sites for hydroxylation is 3. The molecule has 0 amide bonds. The number of hydrogen-bond acceptors (Lipinski definition) is 2. The van der Waals surface area contributed by atoms with Crippen LogP contribution in [0, 0.1) is 10.6 Å². The second-order valence-corrected chi connectivity index (χ2v) is 5.36. The molecule has 3 aromatic rings. The molecule has 0 fully saturated rings. The van der Waals surface area contributed by atoms with Gasteiger partial charge >= 0.3 is 0 Å². The second kappa shape index (κ2) is 5.03. The van der Waals surface area contributed by atoms with E-state index >= 15 is 0 Å². The zero-order valence-corrected chi connectivity index (χ0v) is 12.3. The van der Waals surface area contributed by atoms with Crippen LogP contribution in [0.2, 0.25) is 5.02 Å². The molecule has 0 radical (unpaired) electrons. The van der Waals surface area contributed by atoms with Crippen LogP contribution in [0.4, 0.5) is 4.39 Å². The summed E-state index contributed by atoms with van der Waals surface area (Å²) in [5.74, 6) is 0.515. The van der Waals surface area contributed by atoms with Gasteiger partial charge in [0.2, 0.25) is 0 Å².